The van der Waals surface area contributed by atoms with Gasteiger partial charge in [0.15, 0.2) is 0 Å². The van der Waals surface area contributed by atoms with Gasteiger partial charge in [0.25, 0.3) is 0 Å². The minimum Gasteiger partial charge on any atom is -0.489 e. The van der Waals surface area contributed by atoms with Crippen molar-refractivity contribution in [1.82, 2.24) is 0 Å². The zero-order valence-electron chi connectivity index (χ0n) is 31.8. The van der Waals surface area contributed by atoms with Crippen LogP contribution < -0.4 is 14.4 Å². The SMILES string of the molecule is C1=CC2c3ccccc3OC2C=C1N(/C1=C/C(c2ccccc2)=C\COc2cc(-c3ccccc3)ccc2C1)c1ccc(-c2ccccc2)c2sc3ccccc3c12. The van der Waals surface area contributed by atoms with Gasteiger partial charge in [0.1, 0.15) is 24.2 Å². The lowest BCUT2D eigenvalue weighted by molar-refractivity contribution is 0.267. The highest BCUT2D eigenvalue weighted by Gasteiger charge is 2.35. The zero-order chi connectivity index (χ0) is 38.4. The van der Waals surface area contributed by atoms with Crippen LogP contribution in [0.25, 0.3) is 48.0 Å². The van der Waals surface area contributed by atoms with Crippen molar-refractivity contribution in [3.8, 4) is 33.8 Å². The Morgan fingerprint density at radius 2 is 1.34 bits per heavy atom. The molecule has 2 atom stereocenters. The Labute approximate surface area is 342 Å². The van der Waals surface area contributed by atoms with Gasteiger partial charge in [-0.25, -0.2) is 0 Å². The summed E-state index contributed by atoms with van der Waals surface area (Å²) >= 11 is 1.87. The molecule has 278 valence electrons. The number of fused-ring (bicyclic) bond motifs is 7. The number of ether oxygens (including phenoxy) is 2. The van der Waals surface area contributed by atoms with Crippen LogP contribution in [-0.4, -0.2) is 12.7 Å². The van der Waals surface area contributed by atoms with E-state index < -0.39 is 0 Å². The molecular weight excluding hydrogens is 727 g/mol. The molecule has 58 heavy (non-hydrogen) atoms. The number of hydrogen-bond donors (Lipinski definition) is 0. The first-order valence-corrected chi connectivity index (χ1v) is 20.8. The van der Waals surface area contributed by atoms with Crippen LogP contribution in [-0.2, 0) is 6.42 Å². The average Bonchev–Trinajstić information content (AvgIpc) is 3.88. The molecule has 11 rings (SSSR count). The predicted octanol–water partition coefficient (Wildman–Crippen LogP) is 13.8. The van der Waals surface area contributed by atoms with E-state index in [1.807, 2.05) is 11.3 Å². The summed E-state index contributed by atoms with van der Waals surface area (Å²) in [5, 5.41) is 2.50. The normalized spacial score (nSPS) is 18.8. The monoisotopic (exact) mass is 765 g/mol. The first kappa shape index (κ1) is 34.4. The lowest BCUT2D eigenvalue weighted by atomic mass is 9.90. The third kappa shape index (κ3) is 6.14. The molecule has 0 spiro atoms. The van der Waals surface area contributed by atoms with Crippen LogP contribution in [0.1, 0.15) is 22.6 Å². The Bertz CT molecular complexity index is 2960. The van der Waals surface area contributed by atoms with Gasteiger partial charge in [-0.05, 0) is 82.0 Å². The summed E-state index contributed by atoms with van der Waals surface area (Å²) in [4.78, 5) is 2.51. The number of hydrogen-bond acceptors (Lipinski definition) is 4. The van der Waals surface area contributed by atoms with Crippen molar-refractivity contribution in [3.63, 3.8) is 0 Å². The first-order valence-electron chi connectivity index (χ1n) is 20.0. The maximum absolute atomic E-state index is 6.70. The van der Waals surface area contributed by atoms with E-state index >= 15 is 0 Å². The van der Waals surface area contributed by atoms with E-state index in [2.05, 4.69) is 205 Å². The van der Waals surface area contributed by atoms with Crippen molar-refractivity contribution < 1.29 is 9.47 Å². The Kier molecular flexibility index (Phi) is 8.63. The van der Waals surface area contributed by atoms with Crippen LogP contribution in [0.2, 0.25) is 0 Å². The van der Waals surface area contributed by atoms with Crippen LogP contribution in [0.3, 0.4) is 0 Å². The second-order valence-corrected chi connectivity index (χ2v) is 16.1. The smallest absolute Gasteiger partial charge is 0.130 e. The predicted molar refractivity (Wildman–Crippen MR) is 242 cm³/mol. The molecule has 1 aromatic heterocycles. The quantitative estimate of drug-likeness (QED) is 0.168. The third-order valence-corrected chi connectivity index (χ3v) is 12.8. The molecule has 0 bridgehead atoms. The number of anilines is 1. The summed E-state index contributed by atoms with van der Waals surface area (Å²) in [5.41, 5.74) is 12.8. The summed E-state index contributed by atoms with van der Waals surface area (Å²) in [6, 6.07) is 60.7. The molecule has 3 aliphatic rings. The van der Waals surface area contributed by atoms with E-state index in [0.717, 1.165) is 50.8 Å². The second kappa shape index (κ2) is 14.6. The van der Waals surface area contributed by atoms with Gasteiger partial charge in [0.05, 0.1) is 5.69 Å². The molecule has 0 N–H and O–H groups in total. The van der Waals surface area contributed by atoms with Crippen molar-refractivity contribution in [2.45, 2.75) is 18.4 Å². The van der Waals surface area contributed by atoms with E-state index in [9.17, 15) is 0 Å². The van der Waals surface area contributed by atoms with Crippen molar-refractivity contribution in [3.05, 3.63) is 228 Å². The van der Waals surface area contributed by atoms with Crippen LogP contribution in [0.4, 0.5) is 5.69 Å². The highest BCUT2D eigenvalue weighted by molar-refractivity contribution is 7.26. The summed E-state index contributed by atoms with van der Waals surface area (Å²) in [6.45, 7) is 0.447. The van der Waals surface area contributed by atoms with Gasteiger partial charge < -0.3 is 14.4 Å². The lowest BCUT2D eigenvalue weighted by Gasteiger charge is -2.33. The number of nitrogens with zero attached hydrogens (tertiary/aromatic N) is 1. The highest BCUT2D eigenvalue weighted by atomic mass is 32.1. The molecule has 0 saturated carbocycles. The van der Waals surface area contributed by atoms with Crippen molar-refractivity contribution in [2.75, 3.05) is 11.5 Å². The number of thiophene rings is 1. The van der Waals surface area contributed by atoms with E-state index in [4.69, 9.17) is 9.47 Å². The second-order valence-electron chi connectivity index (χ2n) is 15.1. The van der Waals surface area contributed by atoms with Gasteiger partial charge in [-0.15, -0.1) is 11.3 Å². The summed E-state index contributed by atoms with van der Waals surface area (Å²) in [5.74, 6) is 2.01. The molecule has 3 heterocycles. The lowest BCUT2D eigenvalue weighted by Crippen LogP contribution is -2.28. The van der Waals surface area contributed by atoms with E-state index in [1.165, 1.54) is 42.4 Å². The number of benzene rings is 7. The maximum Gasteiger partial charge on any atom is 0.130 e. The molecule has 2 unspecified atom stereocenters. The fourth-order valence-corrected chi connectivity index (χ4v) is 10.1. The standard InChI is InChI=1S/C54H39NO2S/c1-4-14-36(15-5-1)39-24-25-41-33-43(32-40(30-31-56-50(41)34-39)37-16-6-2-7-17-37)55(42-26-27-46-45-20-10-12-22-49(45)57-51(46)35-42)48-29-28-44(38-18-8-3-9-19-38)54-53(48)47-21-11-13-23-52(47)58-54/h1-30,32,34-35,46,51H,31,33H2/b40-30+,43-32+. The number of para-hydroxylation sites is 1. The molecule has 2 aliphatic heterocycles. The van der Waals surface area contributed by atoms with E-state index in [0.29, 0.717) is 13.0 Å². The van der Waals surface area contributed by atoms with E-state index in [1.54, 1.807) is 0 Å². The molecule has 8 aromatic rings. The van der Waals surface area contributed by atoms with E-state index in [-0.39, 0.29) is 12.0 Å². The topological polar surface area (TPSA) is 21.7 Å². The van der Waals surface area contributed by atoms with Gasteiger partial charge in [0.2, 0.25) is 0 Å². The van der Waals surface area contributed by atoms with Crippen molar-refractivity contribution in [1.29, 1.82) is 0 Å². The minimum absolute atomic E-state index is 0.122. The minimum atomic E-state index is -0.122. The fraction of sp³-hybridized carbons (Fsp3) is 0.0741. The van der Waals surface area contributed by atoms with Gasteiger partial charge in [-0.1, -0.05) is 152 Å². The Balaban J connectivity index is 1.15. The Morgan fingerprint density at radius 1 is 0.621 bits per heavy atom. The summed E-state index contributed by atoms with van der Waals surface area (Å²) in [7, 11) is 0. The molecule has 0 amide bonds. The molecule has 1 aliphatic carbocycles. The number of allylic oxidation sites excluding steroid dienone is 4. The first-order chi connectivity index (χ1) is 28.7. The Morgan fingerprint density at radius 3 is 2.17 bits per heavy atom. The highest BCUT2D eigenvalue weighted by Crippen LogP contribution is 2.49. The van der Waals surface area contributed by atoms with Crippen LogP contribution in [0, 0.1) is 0 Å². The van der Waals surface area contributed by atoms with Gasteiger partial charge in [-0.2, -0.15) is 0 Å². The Hall–Kier alpha value is -6.88. The third-order valence-electron chi connectivity index (χ3n) is 11.6. The molecule has 4 heteroatoms. The molecular formula is C54H39NO2S. The van der Waals surface area contributed by atoms with Crippen LogP contribution >= 0.6 is 11.3 Å². The number of rotatable bonds is 6. The largest absolute Gasteiger partial charge is 0.489 e. The zero-order valence-corrected chi connectivity index (χ0v) is 32.6. The molecule has 0 radical (unpaired) electrons. The molecule has 0 fully saturated rings. The van der Waals surface area contributed by atoms with Crippen molar-refractivity contribution in [2.24, 2.45) is 0 Å². The maximum atomic E-state index is 6.70. The average molecular weight is 766 g/mol. The molecule has 7 aromatic carbocycles. The van der Waals surface area contributed by atoms with Gasteiger partial charge in [0, 0.05) is 55.0 Å². The molecule has 0 saturated heterocycles. The van der Waals surface area contributed by atoms with Gasteiger partial charge in [-0.3, -0.25) is 0 Å². The van der Waals surface area contributed by atoms with Crippen LogP contribution in [0.15, 0.2) is 212 Å². The van der Waals surface area contributed by atoms with Gasteiger partial charge >= 0.3 is 0 Å². The fourth-order valence-electron chi connectivity index (χ4n) is 8.81. The van der Waals surface area contributed by atoms with Crippen LogP contribution in [0.5, 0.6) is 11.5 Å². The van der Waals surface area contributed by atoms with Crippen molar-refractivity contribution >= 4 is 42.8 Å². The molecule has 3 nitrogen and oxygen atoms in total. The summed E-state index contributed by atoms with van der Waals surface area (Å²) in [6.07, 6.45) is 12.1. The summed E-state index contributed by atoms with van der Waals surface area (Å²) < 4.78 is 15.9.